The zero-order chi connectivity index (χ0) is 26.7. The van der Waals surface area contributed by atoms with E-state index in [1.54, 1.807) is 7.05 Å². The van der Waals surface area contributed by atoms with Crippen molar-refractivity contribution < 1.29 is 14.7 Å². The molecule has 2 fully saturated rings. The summed E-state index contributed by atoms with van der Waals surface area (Å²) < 4.78 is 0. The fourth-order valence-corrected chi connectivity index (χ4v) is 5.66. The Morgan fingerprint density at radius 3 is 2.29 bits per heavy atom. The molecule has 198 valence electrons. The molecule has 5 rings (SSSR count). The van der Waals surface area contributed by atoms with Gasteiger partial charge >= 0.3 is 6.09 Å². The van der Waals surface area contributed by atoms with E-state index < -0.39 is 6.09 Å². The molecule has 0 radical (unpaired) electrons. The number of carbonyl (C=O) groups excluding carboxylic acids is 1. The molecular weight excluding hydrogens is 478 g/mol. The Labute approximate surface area is 223 Å². The Hall–Kier alpha value is -3.78. The van der Waals surface area contributed by atoms with Gasteiger partial charge in [0.2, 0.25) is 5.91 Å². The third-order valence-electron chi connectivity index (χ3n) is 8.27. The zero-order valence-corrected chi connectivity index (χ0v) is 21.8. The van der Waals surface area contributed by atoms with Crippen LogP contribution in [0.15, 0.2) is 60.7 Å². The average Bonchev–Trinajstić information content (AvgIpc) is 2.92. The first-order chi connectivity index (χ1) is 18.3. The van der Waals surface area contributed by atoms with Gasteiger partial charge in [-0.15, -0.1) is 10.2 Å². The van der Waals surface area contributed by atoms with Crippen molar-refractivity contribution in [2.24, 2.45) is 11.7 Å². The van der Waals surface area contributed by atoms with E-state index in [0.717, 1.165) is 66.5 Å². The normalized spacial score (nSPS) is 20.3. The van der Waals surface area contributed by atoms with Gasteiger partial charge < -0.3 is 21.1 Å². The average molecular weight is 514 g/mol. The highest BCUT2D eigenvalue weighted by molar-refractivity contribution is 5.91. The Morgan fingerprint density at radius 1 is 1.00 bits per heavy atom. The maximum absolute atomic E-state index is 12.9. The lowest BCUT2D eigenvalue weighted by Gasteiger charge is -2.38. The molecule has 0 saturated heterocycles. The second-order valence-electron chi connectivity index (χ2n) is 10.8. The summed E-state index contributed by atoms with van der Waals surface area (Å²) in [6, 6.07) is 20.2. The van der Waals surface area contributed by atoms with E-state index in [1.165, 1.54) is 11.3 Å². The summed E-state index contributed by atoms with van der Waals surface area (Å²) in [5.41, 5.74) is 11.0. The molecule has 0 aliphatic heterocycles. The number of carbonyl (C=O) groups is 2. The van der Waals surface area contributed by atoms with Gasteiger partial charge in [-0.1, -0.05) is 54.6 Å². The van der Waals surface area contributed by atoms with Gasteiger partial charge in [0, 0.05) is 36.2 Å². The molecule has 3 aromatic rings. The van der Waals surface area contributed by atoms with Crippen molar-refractivity contribution in [3.05, 3.63) is 66.2 Å². The molecule has 2 aromatic carbocycles. The van der Waals surface area contributed by atoms with E-state index in [4.69, 9.17) is 5.73 Å². The summed E-state index contributed by atoms with van der Waals surface area (Å²) >= 11 is 0. The highest BCUT2D eigenvalue weighted by Crippen LogP contribution is 2.40. The van der Waals surface area contributed by atoms with Gasteiger partial charge in [-0.05, 0) is 68.1 Å². The van der Waals surface area contributed by atoms with E-state index in [9.17, 15) is 14.7 Å². The highest BCUT2D eigenvalue weighted by atomic mass is 16.4. The number of aromatic nitrogens is 2. The Morgan fingerprint density at radius 2 is 1.68 bits per heavy atom. The van der Waals surface area contributed by atoms with Crippen molar-refractivity contribution in [1.29, 1.82) is 0 Å². The van der Waals surface area contributed by atoms with Crippen LogP contribution >= 0.6 is 0 Å². The van der Waals surface area contributed by atoms with Gasteiger partial charge in [0.15, 0.2) is 5.82 Å². The van der Waals surface area contributed by atoms with Crippen LogP contribution in [0.2, 0.25) is 0 Å². The van der Waals surface area contributed by atoms with Gasteiger partial charge in [0.05, 0.1) is 0 Å². The standard InChI is InChI=1S/C30H35N5O3/c1-35(29(37)38)24-14-8-20(9-15-24)18-27(36)32-26-19-25(21-6-3-2-4-7-21)28(34-33-26)22-10-12-23(13-11-22)30(31)16-5-17-30/h2-4,6-7,10-13,19-20,24H,5,8-9,14-18,31H2,1H3,(H,37,38)(H,32,33,36). The van der Waals surface area contributed by atoms with Crippen LogP contribution in [0.1, 0.15) is 56.9 Å². The summed E-state index contributed by atoms with van der Waals surface area (Å²) in [5, 5.41) is 21.0. The number of amides is 2. The molecule has 38 heavy (non-hydrogen) atoms. The molecule has 1 heterocycles. The molecule has 2 saturated carbocycles. The quantitative estimate of drug-likeness (QED) is 0.376. The number of hydrogen-bond donors (Lipinski definition) is 3. The van der Waals surface area contributed by atoms with Crippen LogP contribution in [0.25, 0.3) is 22.4 Å². The fourth-order valence-electron chi connectivity index (χ4n) is 5.66. The van der Waals surface area contributed by atoms with Crippen LogP contribution in [-0.2, 0) is 10.3 Å². The third-order valence-corrected chi connectivity index (χ3v) is 8.27. The molecule has 2 aliphatic carbocycles. The topological polar surface area (TPSA) is 121 Å². The number of rotatable bonds is 7. The first-order valence-corrected chi connectivity index (χ1v) is 13.4. The molecule has 1 aromatic heterocycles. The van der Waals surface area contributed by atoms with Crippen LogP contribution in [-0.4, -0.2) is 45.3 Å². The largest absolute Gasteiger partial charge is 0.465 e. The summed E-state index contributed by atoms with van der Waals surface area (Å²) in [6.45, 7) is 0. The Bertz CT molecular complexity index is 1280. The Kier molecular flexibility index (Phi) is 7.42. The van der Waals surface area contributed by atoms with E-state index >= 15 is 0 Å². The fraction of sp³-hybridized carbons (Fsp3) is 0.400. The molecule has 8 heteroatoms. The van der Waals surface area contributed by atoms with Crippen LogP contribution in [0.3, 0.4) is 0 Å². The Balaban J connectivity index is 1.30. The van der Waals surface area contributed by atoms with Gasteiger partial charge in [-0.2, -0.15) is 0 Å². The molecule has 2 amide bonds. The minimum absolute atomic E-state index is 0.0248. The zero-order valence-electron chi connectivity index (χ0n) is 21.8. The van der Waals surface area contributed by atoms with Crippen molar-refractivity contribution in [1.82, 2.24) is 15.1 Å². The van der Waals surface area contributed by atoms with E-state index in [1.807, 2.05) is 36.4 Å². The van der Waals surface area contributed by atoms with Gasteiger partial charge in [0.1, 0.15) is 5.69 Å². The summed E-state index contributed by atoms with van der Waals surface area (Å²) in [5.74, 6) is 0.553. The molecular formula is C30H35N5O3. The minimum atomic E-state index is -0.903. The highest BCUT2D eigenvalue weighted by Gasteiger charge is 2.34. The molecule has 0 unspecified atom stereocenters. The van der Waals surface area contributed by atoms with Crippen LogP contribution in [0, 0.1) is 5.92 Å². The lowest BCUT2D eigenvalue weighted by atomic mass is 9.72. The monoisotopic (exact) mass is 513 g/mol. The van der Waals surface area contributed by atoms with Gasteiger partial charge in [-0.3, -0.25) is 4.79 Å². The predicted octanol–water partition coefficient (Wildman–Crippen LogP) is 5.65. The van der Waals surface area contributed by atoms with E-state index in [-0.39, 0.29) is 23.4 Å². The number of carboxylic acid groups (broad SMARTS) is 1. The molecule has 0 spiro atoms. The number of anilines is 1. The van der Waals surface area contributed by atoms with Crippen LogP contribution < -0.4 is 11.1 Å². The SMILES string of the molecule is CN(C(=O)O)C1CCC(CC(=O)Nc2cc(-c3ccccc3)c(-c3ccc(C4(N)CCC4)cc3)nn2)CC1. The number of nitrogens with zero attached hydrogens (tertiary/aromatic N) is 3. The first kappa shape index (κ1) is 25.9. The van der Waals surface area contributed by atoms with Crippen molar-refractivity contribution in [2.45, 2.75) is 62.9 Å². The van der Waals surface area contributed by atoms with Gasteiger partial charge in [0.25, 0.3) is 0 Å². The predicted molar refractivity (Wildman–Crippen MR) is 147 cm³/mol. The van der Waals surface area contributed by atoms with E-state index in [0.29, 0.717) is 12.2 Å². The minimum Gasteiger partial charge on any atom is -0.465 e. The number of benzene rings is 2. The summed E-state index contributed by atoms with van der Waals surface area (Å²) in [4.78, 5) is 25.5. The van der Waals surface area contributed by atoms with Crippen molar-refractivity contribution in [3.8, 4) is 22.4 Å². The molecule has 8 nitrogen and oxygen atoms in total. The number of hydrogen-bond acceptors (Lipinski definition) is 5. The van der Waals surface area contributed by atoms with Crippen molar-refractivity contribution >= 4 is 17.8 Å². The third kappa shape index (κ3) is 5.55. The molecule has 0 atom stereocenters. The van der Waals surface area contributed by atoms with Crippen LogP contribution in [0.5, 0.6) is 0 Å². The van der Waals surface area contributed by atoms with Crippen molar-refractivity contribution in [2.75, 3.05) is 12.4 Å². The molecule has 2 aliphatic rings. The maximum atomic E-state index is 12.9. The number of nitrogens with two attached hydrogens (primary N) is 1. The number of nitrogens with one attached hydrogen (secondary N) is 1. The van der Waals surface area contributed by atoms with E-state index in [2.05, 4.69) is 39.8 Å². The lowest BCUT2D eigenvalue weighted by Crippen LogP contribution is -2.43. The van der Waals surface area contributed by atoms with Crippen LogP contribution in [0.4, 0.5) is 10.6 Å². The first-order valence-electron chi connectivity index (χ1n) is 13.4. The second kappa shape index (κ2) is 10.9. The molecule has 4 N–H and O–H groups in total. The van der Waals surface area contributed by atoms with Crippen molar-refractivity contribution in [3.63, 3.8) is 0 Å². The second-order valence-corrected chi connectivity index (χ2v) is 10.8. The summed E-state index contributed by atoms with van der Waals surface area (Å²) in [7, 11) is 1.62. The van der Waals surface area contributed by atoms with Gasteiger partial charge in [-0.25, -0.2) is 4.79 Å². The lowest BCUT2D eigenvalue weighted by molar-refractivity contribution is -0.117. The molecule has 0 bridgehead atoms. The smallest absolute Gasteiger partial charge is 0.407 e. The maximum Gasteiger partial charge on any atom is 0.407 e. The summed E-state index contributed by atoms with van der Waals surface area (Å²) in [6.07, 6.45) is 5.88.